The van der Waals surface area contributed by atoms with E-state index < -0.39 is 5.97 Å². The number of esters is 1. The minimum atomic E-state index is -0.444. The molecular formula is C16H18N2O3. The number of anilines is 1. The molecule has 0 saturated carbocycles. The third kappa shape index (κ3) is 4.29. The molecule has 0 radical (unpaired) electrons. The molecule has 0 fully saturated rings. The SMILES string of the molecule is COCc1cccc(CNc2ccnc(C(=O)OC)c2)c1. The van der Waals surface area contributed by atoms with Crippen LogP contribution < -0.4 is 5.32 Å². The summed E-state index contributed by atoms with van der Waals surface area (Å²) in [5.41, 5.74) is 3.38. The summed E-state index contributed by atoms with van der Waals surface area (Å²) < 4.78 is 9.77. The maximum Gasteiger partial charge on any atom is 0.356 e. The van der Waals surface area contributed by atoms with Crippen molar-refractivity contribution in [3.05, 3.63) is 59.4 Å². The minimum absolute atomic E-state index is 0.288. The van der Waals surface area contributed by atoms with Gasteiger partial charge in [-0.25, -0.2) is 9.78 Å². The number of carbonyl (C=O) groups excluding carboxylic acids is 1. The number of pyridine rings is 1. The van der Waals surface area contributed by atoms with Gasteiger partial charge in [-0.3, -0.25) is 0 Å². The number of nitrogens with zero attached hydrogens (tertiary/aromatic N) is 1. The van der Waals surface area contributed by atoms with E-state index in [9.17, 15) is 4.79 Å². The van der Waals surface area contributed by atoms with Gasteiger partial charge in [0.1, 0.15) is 5.69 Å². The van der Waals surface area contributed by atoms with Crippen molar-refractivity contribution in [1.82, 2.24) is 4.98 Å². The Bertz CT molecular complexity index is 614. The predicted octanol–water partition coefficient (Wildman–Crippen LogP) is 2.63. The molecule has 0 aliphatic heterocycles. The first-order valence-electron chi connectivity index (χ1n) is 6.58. The van der Waals surface area contributed by atoms with Gasteiger partial charge < -0.3 is 14.8 Å². The van der Waals surface area contributed by atoms with Gasteiger partial charge in [0.2, 0.25) is 0 Å². The lowest BCUT2D eigenvalue weighted by atomic mass is 10.1. The van der Waals surface area contributed by atoms with Crippen LogP contribution in [0.1, 0.15) is 21.6 Å². The van der Waals surface area contributed by atoms with Gasteiger partial charge >= 0.3 is 5.97 Å². The second kappa shape index (κ2) is 7.40. The van der Waals surface area contributed by atoms with Crippen LogP contribution in [-0.2, 0) is 22.6 Å². The highest BCUT2D eigenvalue weighted by Gasteiger charge is 2.07. The van der Waals surface area contributed by atoms with Crippen molar-refractivity contribution in [3.8, 4) is 0 Å². The number of aromatic nitrogens is 1. The molecular weight excluding hydrogens is 268 g/mol. The van der Waals surface area contributed by atoms with Crippen molar-refractivity contribution < 1.29 is 14.3 Å². The molecule has 2 rings (SSSR count). The third-order valence-corrected chi connectivity index (χ3v) is 2.95. The standard InChI is InChI=1S/C16H18N2O3/c1-20-11-13-5-3-4-12(8-13)10-18-14-6-7-17-15(9-14)16(19)21-2/h3-9H,10-11H2,1-2H3,(H,17,18). The molecule has 110 valence electrons. The Morgan fingerprint density at radius 2 is 2.00 bits per heavy atom. The number of carbonyl (C=O) groups is 1. The van der Waals surface area contributed by atoms with Crippen LogP contribution >= 0.6 is 0 Å². The lowest BCUT2D eigenvalue weighted by Gasteiger charge is -2.09. The highest BCUT2D eigenvalue weighted by atomic mass is 16.5. The van der Waals surface area contributed by atoms with E-state index in [1.54, 1.807) is 19.4 Å². The molecule has 0 bridgehead atoms. The topological polar surface area (TPSA) is 60.5 Å². The number of rotatable bonds is 6. The molecule has 0 aliphatic rings. The Morgan fingerprint density at radius 1 is 1.19 bits per heavy atom. The first-order chi connectivity index (χ1) is 10.2. The molecule has 1 heterocycles. The molecule has 21 heavy (non-hydrogen) atoms. The number of methoxy groups -OCH3 is 2. The second-order valence-corrected chi connectivity index (χ2v) is 4.53. The van der Waals surface area contributed by atoms with Crippen LogP contribution in [0.2, 0.25) is 0 Å². The molecule has 5 nitrogen and oxygen atoms in total. The van der Waals surface area contributed by atoms with Gasteiger partial charge in [-0.15, -0.1) is 0 Å². The number of ether oxygens (including phenoxy) is 2. The van der Waals surface area contributed by atoms with Crippen molar-refractivity contribution in [3.63, 3.8) is 0 Å². The molecule has 0 saturated heterocycles. The van der Waals surface area contributed by atoms with Crippen LogP contribution in [0.4, 0.5) is 5.69 Å². The lowest BCUT2D eigenvalue weighted by molar-refractivity contribution is 0.0594. The summed E-state index contributed by atoms with van der Waals surface area (Å²) in [7, 11) is 3.02. The quantitative estimate of drug-likeness (QED) is 0.827. The third-order valence-electron chi connectivity index (χ3n) is 2.95. The van der Waals surface area contributed by atoms with Crippen LogP contribution in [-0.4, -0.2) is 25.2 Å². The summed E-state index contributed by atoms with van der Waals surface area (Å²) in [6.07, 6.45) is 1.58. The molecule has 0 atom stereocenters. The van der Waals surface area contributed by atoms with Crippen LogP contribution in [0, 0.1) is 0 Å². The van der Waals surface area contributed by atoms with E-state index in [0.717, 1.165) is 16.8 Å². The van der Waals surface area contributed by atoms with Crippen molar-refractivity contribution >= 4 is 11.7 Å². The molecule has 1 aromatic carbocycles. The normalized spacial score (nSPS) is 10.2. The fraction of sp³-hybridized carbons (Fsp3) is 0.250. The minimum Gasteiger partial charge on any atom is -0.464 e. The first kappa shape index (κ1) is 15.0. The van der Waals surface area contributed by atoms with E-state index in [1.807, 2.05) is 24.3 Å². The van der Waals surface area contributed by atoms with E-state index in [2.05, 4.69) is 21.1 Å². The van der Waals surface area contributed by atoms with Crippen LogP contribution in [0.25, 0.3) is 0 Å². The predicted molar refractivity (Wildman–Crippen MR) is 80.1 cm³/mol. The molecule has 1 aromatic heterocycles. The van der Waals surface area contributed by atoms with E-state index in [-0.39, 0.29) is 5.69 Å². The summed E-state index contributed by atoms with van der Waals surface area (Å²) >= 11 is 0. The van der Waals surface area contributed by atoms with E-state index >= 15 is 0 Å². The zero-order valence-electron chi connectivity index (χ0n) is 12.1. The highest BCUT2D eigenvalue weighted by molar-refractivity contribution is 5.88. The fourth-order valence-corrected chi connectivity index (χ4v) is 1.96. The number of hydrogen-bond acceptors (Lipinski definition) is 5. The Hall–Kier alpha value is -2.40. The average Bonchev–Trinajstić information content (AvgIpc) is 2.53. The Labute approximate surface area is 123 Å². The van der Waals surface area contributed by atoms with Crippen LogP contribution in [0.15, 0.2) is 42.6 Å². The molecule has 0 spiro atoms. The van der Waals surface area contributed by atoms with E-state index in [1.165, 1.54) is 7.11 Å². The summed E-state index contributed by atoms with van der Waals surface area (Å²) in [6, 6.07) is 11.6. The number of nitrogens with one attached hydrogen (secondary N) is 1. The van der Waals surface area contributed by atoms with Crippen molar-refractivity contribution in [1.29, 1.82) is 0 Å². The average molecular weight is 286 g/mol. The van der Waals surface area contributed by atoms with Crippen LogP contribution in [0.5, 0.6) is 0 Å². The Kier molecular flexibility index (Phi) is 5.29. The maximum absolute atomic E-state index is 11.4. The van der Waals surface area contributed by atoms with Gasteiger partial charge in [0, 0.05) is 25.5 Å². The summed E-state index contributed by atoms with van der Waals surface area (Å²) in [6.45, 7) is 1.25. The zero-order chi connectivity index (χ0) is 15.1. The Morgan fingerprint density at radius 3 is 2.76 bits per heavy atom. The van der Waals surface area contributed by atoms with Crippen LogP contribution in [0.3, 0.4) is 0 Å². The smallest absolute Gasteiger partial charge is 0.356 e. The molecule has 0 unspecified atom stereocenters. The number of hydrogen-bond donors (Lipinski definition) is 1. The summed E-state index contributed by atoms with van der Waals surface area (Å²) in [4.78, 5) is 15.4. The van der Waals surface area contributed by atoms with Crippen molar-refractivity contribution in [2.45, 2.75) is 13.2 Å². The highest BCUT2D eigenvalue weighted by Crippen LogP contribution is 2.12. The van der Waals surface area contributed by atoms with Gasteiger partial charge in [0.15, 0.2) is 0 Å². The molecule has 0 amide bonds. The van der Waals surface area contributed by atoms with Gasteiger partial charge in [0.25, 0.3) is 0 Å². The molecule has 0 aliphatic carbocycles. The summed E-state index contributed by atoms with van der Waals surface area (Å²) in [5, 5.41) is 3.26. The maximum atomic E-state index is 11.4. The monoisotopic (exact) mass is 286 g/mol. The second-order valence-electron chi connectivity index (χ2n) is 4.53. The zero-order valence-corrected chi connectivity index (χ0v) is 12.1. The first-order valence-corrected chi connectivity index (χ1v) is 6.58. The molecule has 5 heteroatoms. The molecule has 2 aromatic rings. The van der Waals surface area contributed by atoms with Gasteiger partial charge in [-0.2, -0.15) is 0 Å². The van der Waals surface area contributed by atoms with E-state index in [4.69, 9.17) is 4.74 Å². The van der Waals surface area contributed by atoms with Gasteiger partial charge in [-0.1, -0.05) is 24.3 Å². The van der Waals surface area contributed by atoms with Gasteiger partial charge in [0.05, 0.1) is 13.7 Å². The summed E-state index contributed by atoms with van der Waals surface area (Å²) in [5.74, 6) is -0.444. The van der Waals surface area contributed by atoms with Crippen molar-refractivity contribution in [2.24, 2.45) is 0 Å². The van der Waals surface area contributed by atoms with E-state index in [0.29, 0.717) is 13.2 Å². The van der Waals surface area contributed by atoms with Gasteiger partial charge in [-0.05, 0) is 23.3 Å². The molecule has 1 N–H and O–H groups in total. The Balaban J connectivity index is 2.02. The fourth-order valence-electron chi connectivity index (χ4n) is 1.96. The van der Waals surface area contributed by atoms with Crippen molar-refractivity contribution in [2.75, 3.05) is 19.5 Å². The largest absolute Gasteiger partial charge is 0.464 e. The number of benzene rings is 1. The lowest BCUT2D eigenvalue weighted by Crippen LogP contribution is -2.06.